The lowest BCUT2D eigenvalue weighted by Gasteiger charge is -2.32. The second kappa shape index (κ2) is 7.05. The molecule has 1 aromatic carbocycles. The number of piperazine rings is 1. The fourth-order valence-electron chi connectivity index (χ4n) is 3.16. The standard InChI is InChI=1S/C18H22N4O4S/c1-2-16-19-20-18(26-16)21-9-11-22(12-10-21)27(24,25)15-7-5-14(6-8-15)17(23)13-3-4-13/h5-8,13H,2-4,9-12H2,1H3. The molecule has 1 aromatic heterocycles. The van der Waals surface area contributed by atoms with E-state index < -0.39 is 10.0 Å². The predicted octanol–water partition coefficient (Wildman–Crippen LogP) is 1.74. The van der Waals surface area contributed by atoms with Crippen molar-refractivity contribution in [1.29, 1.82) is 0 Å². The fourth-order valence-corrected chi connectivity index (χ4v) is 4.58. The number of aryl methyl sites for hydroxylation is 1. The monoisotopic (exact) mass is 390 g/mol. The minimum absolute atomic E-state index is 0.110. The third-order valence-electron chi connectivity index (χ3n) is 4.99. The molecule has 2 aliphatic rings. The van der Waals surface area contributed by atoms with Gasteiger partial charge in [-0.2, -0.15) is 4.31 Å². The zero-order valence-electron chi connectivity index (χ0n) is 15.2. The van der Waals surface area contributed by atoms with Gasteiger partial charge in [0.15, 0.2) is 5.78 Å². The first kappa shape index (κ1) is 18.1. The summed E-state index contributed by atoms with van der Waals surface area (Å²) in [5.74, 6) is 0.804. The smallest absolute Gasteiger partial charge is 0.318 e. The highest BCUT2D eigenvalue weighted by Crippen LogP contribution is 2.33. The van der Waals surface area contributed by atoms with Gasteiger partial charge in [-0.25, -0.2) is 8.42 Å². The van der Waals surface area contributed by atoms with E-state index in [2.05, 4.69) is 10.2 Å². The molecule has 0 amide bonds. The summed E-state index contributed by atoms with van der Waals surface area (Å²) in [6, 6.07) is 6.74. The van der Waals surface area contributed by atoms with E-state index >= 15 is 0 Å². The van der Waals surface area contributed by atoms with Crippen LogP contribution in [0.5, 0.6) is 0 Å². The lowest BCUT2D eigenvalue weighted by Crippen LogP contribution is -2.48. The zero-order chi connectivity index (χ0) is 19.0. The van der Waals surface area contributed by atoms with E-state index in [-0.39, 0.29) is 16.6 Å². The summed E-state index contributed by atoms with van der Waals surface area (Å²) in [5.41, 5.74) is 0.587. The zero-order valence-corrected chi connectivity index (χ0v) is 16.0. The molecular weight excluding hydrogens is 368 g/mol. The Labute approximate surface area is 158 Å². The Morgan fingerprint density at radius 3 is 2.33 bits per heavy atom. The molecule has 1 saturated carbocycles. The van der Waals surface area contributed by atoms with Gasteiger partial charge in [0.25, 0.3) is 0 Å². The van der Waals surface area contributed by atoms with E-state index in [1.54, 1.807) is 12.1 Å². The number of rotatable bonds is 6. The van der Waals surface area contributed by atoms with Crippen LogP contribution >= 0.6 is 0 Å². The van der Waals surface area contributed by atoms with Gasteiger partial charge >= 0.3 is 6.01 Å². The highest BCUT2D eigenvalue weighted by atomic mass is 32.2. The van der Waals surface area contributed by atoms with Gasteiger partial charge in [0.2, 0.25) is 15.9 Å². The van der Waals surface area contributed by atoms with E-state index in [9.17, 15) is 13.2 Å². The highest BCUT2D eigenvalue weighted by Gasteiger charge is 2.32. The van der Waals surface area contributed by atoms with Crippen molar-refractivity contribution in [1.82, 2.24) is 14.5 Å². The molecule has 0 unspecified atom stereocenters. The van der Waals surface area contributed by atoms with Gasteiger partial charge in [-0.05, 0) is 25.0 Å². The Bertz CT molecular complexity index is 927. The molecule has 2 heterocycles. The van der Waals surface area contributed by atoms with Gasteiger partial charge in [0.1, 0.15) is 0 Å². The minimum Gasteiger partial charge on any atom is -0.408 e. The lowest BCUT2D eigenvalue weighted by atomic mass is 10.1. The van der Waals surface area contributed by atoms with Crippen molar-refractivity contribution in [2.75, 3.05) is 31.1 Å². The number of carbonyl (C=O) groups excluding carboxylic acids is 1. The van der Waals surface area contributed by atoms with Crippen LogP contribution in [0.15, 0.2) is 33.6 Å². The Morgan fingerprint density at radius 2 is 1.78 bits per heavy atom. The molecule has 1 saturated heterocycles. The molecule has 1 aliphatic heterocycles. The van der Waals surface area contributed by atoms with E-state index in [1.807, 2.05) is 11.8 Å². The van der Waals surface area contributed by atoms with E-state index in [4.69, 9.17) is 4.42 Å². The van der Waals surface area contributed by atoms with E-state index in [1.165, 1.54) is 16.4 Å². The minimum atomic E-state index is -3.59. The number of Topliss-reactive ketones (excluding diaryl/α,β-unsaturated/α-hetero) is 1. The largest absolute Gasteiger partial charge is 0.408 e. The van der Waals surface area contributed by atoms with Crippen LogP contribution in [0.2, 0.25) is 0 Å². The van der Waals surface area contributed by atoms with Crippen molar-refractivity contribution < 1.29 is 17.6 Å². The van der Waals surface area contributed by atoms with Gasteiger partial charge in [-0.3, -0.25) is 4.79 Å². The van der Waals surface area contributed by atoms with E-state index in [0.717, 1.165) is 12.8 Å². The second-order valence-electron chi connectivity index (χ2n) is 6.89. The van der Waals surface area contributed by atoms with Crippen LogP contribution in [0.25, 0.3) is 0 Å². The summed E-state index contributed by atoms with van der Waals surface area (Å²) in [4.78, 5) is 14.2. The topological polar surface area (TPSA) is 96.6 Å². The number of benzene rings is 1. The normalized spacial score (nSPS) is 18.6. The molecule has 4 rings (SSSR count). The molecule has 0 N–H and O–H groups in total. The van der Waals surface area contributed by atoms with Crippen LogP contribution in [0, 0.1) is 5.92 Å². The number of hydrogen-bond donors (Lipinski definition) is 0. The Balaban J connectivity index is 1.42. The van der Waals surface area contributed by atoms with Crippen LogP contribution in [0.4, 0.5) is 6.01 Å². The number of nitrogens with zero attached hydrogens (tertiary/aromatic N) is 4. The van der Waals surface area contributed by atoms with E-state index in [0.29, 0.717) is 50.1 Å². The summed E-state index contributed by atoms with van der Waals surface area (Å²) < 4.78 is 32.8. The Morgan fingerprint density at radius 1 is 1.11 bits per heavy atom. The van der Waals surface area contributed by atoms with Gasteiger partial charge in [-0.1, -0.05) is 24.2 Å². The molecule has 9 heteroatoms. The van der Waals surface area contributed by atoms with Crippen LogP contribution in [-0.2, 0) is 16.4 Å². The van der Waals surface area contributed by atoms with Crippen LogP contribution in [-0.4, -0.2) is 54.9 Å². The third kappa shape index (κ3) is 3.61. The molecule has 2 aromatic rings. The average molecular weight is 390 g/mol. The van der Waals surface area contributed by atoms with Gasteiger partial charge in [0, 0.05) is 44.1 Å². The number of carbonyl (C=O) groups is 1. The molecule has 1 aliphatic carbocycles. The summed E-state index contributed by atoms with van der Waals surface area (Å²) in [5, 5.41) is 7.96. The molecular formula is C18H22N4O4S. The number of hydrogen-bond acceptors (Lipinski definition) is 7. The predicted molar refractivity (Wildman–Crippen MR) is 98.1 cm³/mol. The number of anilines is 1. The van der Waals surface area contributed by atoms with Gasteiger partial charge in [0.05, 0.1) is 4.90 Å². The Hall–Kier alpha value is -2.26. The van der Waals surface area contributed by atoms with Gasteiger partial charge in [-0.15, -0.1) is 5.10 Å². The molecule has 0 spiro atoms. The fraction of sp³-hybridized carbons (Fsp3) is 0.500. The van der Waals surface area contributed by atoms with Crippen molar-refractivity contribution >= 4 is 21.8 Å². The SMILES string of the molecule is CCc1nnc(N2CCN(S(=O)(=O)c3ccc(C(=O)C4CC4)cc3)CC2)o1. The summed E-state index contributed by atoms with van der Waals surface area (Å²) in [7, 11) is -3.59. The average Bonchev–Trinajstić information content (AvgIpc) is 3.44. The maximum absolute atomic E-state index is 12.9. The second-order valence-corrected chi connectivity index (χ2v) is 8.82. The molecule has 8 nitrogen and oxygen atoms in total. The van der Waals surface area contributed by atoms with Crippen molar-refractivity contribution in [2.24, 2.45) is 5.92 Å². The Kier molecular flexibility index (Phi) is 4.73. The molecule has 2 fully saturated rings. The van der Waals surface area contributed by atoms with Gasteiger partial charge < -0.3 is 9.32 Å². The number of aromatic nitrogens is 2. The molecule has 0 radical (unpaired) electrons. The lowest BCUT2D eigenvalue weighted by molar-refractivity contribution is 0.0967. The number of ketones is 1. The summed E-state index contributed by atoms with van der Waals surface area (Å²) in [6.07, 6.45) is 2.53. The third-order valence-corrected chi connectivity index (χ3v) is 6.91. The highest BCUT2D eigenvalue weighted by molar-refractivity contribution is 7.89. The van der Waals surface area contributed by atoms with Crippen molar-refractivity contribution in [3.05, 3.63) is 35.7 Å². The van der Waals surface area contributed by atoms with Crippen molar-refractivity contribution in [3.8, 4) is 0 Å². The van der Waals surface area contributed by atoms with Crippen LogP contribution < -0.4 is 4.90 Å². The molecule has 0 bridgehead atoms. The molecule has 144 valence electrons. The van der Waals surface area contributed by atoms with Crippen molar-refractivity contribution in [3.63, 3.8) is 0 Å². The van der Waals surface area contributed by atoms with Crippen molar-refractivity contribution in [2.45, 2.75) is 31.1 Å². The van der Waals surface area contributed by atoms with Crippen LogP contribution in [0.1, 0.15) is 36.0 Å². The maximum atomic E-state index is 12.9. The first-order chi connectivity index (χ1) is 13.0. The first-order valence-electron chi connectivity index (χ1n) is 9.21. The quantitative estimate of drug-likeness (QED) is 0.693. The molecule has 27 heavy (non-hydrogen) atoms. The summed E-state index contributed by atoms with van der Waals surface area (Å²) >= 11 is 0. The summed E-state index contributed by atoms with van der Waals surface area (Å²) in [6.45, 7) is 3.60. The van der Waals surface area contributed by atoms with Crippen LogP contribution in [0.3, 0.4) is 0 Å². The molecule has 0 atom stereocenters. The first-order valence-corrected chi connectivity index (χ1v) is 10.6. The maximum Gasteiger partial charge on any atom is 0.318 e. The number of sulfonamides is 1.